The first-order chi connectivity index (χ1) is 11.8. The molecule has 0 aliphatic heterocycles. The number of halogens is 3. The molecule has 7 heteroatoms. The molecule has 1 N–H and O–H groups in total. The first-order valence-corrected chi connectivity index (χ1v) is 8.70. The third-order valence-corrected chi connectivity index (χ3v) is 4.32. The molecular weight excluding hydrogens is 385 g/mol. The number of amides is 1. The molecule has 1 atom stereocenters. The van der Waals surface area contributed by atoms with Gasteiger partial charge in [-0.25, -0.2) is 4.79 Å². The SMILES string of the molecule is CCc1ccc(C(=O)O[C@H](C)C(=O)Nc2c(Cl)cc(Cl)cc2Cl)cc1. The maximum Gasteiger partial charge on any atom is 0.338 e. The van der Waals surface area contributed by atoms with Crippen LogP contribution in [0, 0.1) is 0 Å². The van der Waals surface area contributed by atoms with Crippen LogP contribution in [0.3, 0.4) is 0 Å². The summed E-state index contributed by atoms with van der Waals surface area (Å²) in [5, 5.41) is 3.28. The largest absolute Gasteiger partial charge is 0.449 e. The van der Waals surface area contributed by atoms with Gasteiger partial charge in [0.1, 0.15) is 0 Å². The van der Waals surface area contributed by atoms with Crippen molar-refractivity contribution in [3.63, 3.8) is 0 Å². The van der Waals surface area contributed by atoms with Gasteiger partial charge >= 0.3 is 5.97 Å². The molecule has 0 fully saturated rings. The fourth-order valence-corrected chi connectivity index (χ4v) is 2.96. The van der Waals surface area contributed by atoms with Crippen LogP contribution in [0.25, 0.3) is 0 Å². The Morgan fingerprint density at radius 2 is 1.64 bits per heavy atom. The van der Waals surface area contributed by atoms with Crippen LogP contribution in [0.1, 0.15) is 29.8 Å². The molecule has 0 aliphatic rings. The van der Waals surface area contributed by atoms with Crippen molar-refractivity contribution in [2.75, 3.05) is 5.32 Å². The van der Waals surface area contributed by atoms with Crippen LogP contribution in [0.5, 0.6) is 0 Å². The number of hydrogen-bond acceptors (Lipinski definition) is 3. The van der Waals surface area contributed by atoms with E-state index < -0.39 is 18.0 Å². The zero-order valence-electron chi connectivity index (χ0n) is 13.6. The van der Waals surface area contributed by atoms with Crippen molar-refractivity contribution in [3.05, 3.63) is 62.6 Å². The first kappa shape index (κ1) is 19.6. The number of carbonyl (C=O) groups is 2. The number of ether oxygens (including phenoxy) is 1. The number of anilines is 1. The molecule has 0 radical (unpaired) electrons. The van der Waals surface area contributed by atoms with Crippen LogP contribution in [0.4, 0.5) is 5.69 Å². The second kappa shape index (κ2) is 8.56. The molecule has 2 rings (SSSR count). The molecule has 25 heavy (non-hydrogen) atoms. The van der Waals surface area contributed by atoms with Gasteiger partial charge in [-0.2, -0.15) is 0 Å². The highest BCUT2D eigenvalue weighted by molar-refractivity contribution is 6.42. The maximum absolute atomic E-state index is 12.2. The summed E-state index contributed by atoms with van der Waals surface area (Å²) in [5.74, 6) is -1.14. The van der Waals surface area contributed by atoms with Crippen molar-refractivity contribution in [1.29, 1.82) is 0 Å². The Balaban J connectivity index is 2.03. The third kappa shape index (κ3) is 5.11. The van der Waals surface area contributed by atoms with Gasteiger partial charge in [0, 0.05) is 5.02 Å². The van der Waals surface area contributed by atoms with Crippen LogP contribution >= 0.6 is 34.8 Å². The number of rotatable bonds is 5. The Bertz CT molecular complexity index is 768. The van der Waals surface area contributed by atoms with E-state index in [1.54, 1.807) is 12.1 Å². The average molecular weight is 401 g/mol. The number of carbonyl (C=O) groups excluding carboxylic acids is 2. The zero-order valence-corrected chi connectivity index (χ0v) is 15.9. The second-order valence-corrected chi connectivity index (χ2v) is 6.58. The fourth-order valence-electron chi connectivity index (χ4n) is 2.05. The van der Waals surface area contributed by atoms with Crippen LogP contribution in [0.15, 0.2) is 36.4 Å². The highest BCUT2D eigenvalue weighted by Gasteiger charge is 2.21. The van der Waals surface area contributed by atoms with Gasteiger partial charge in [-0.05, 0) is 43.2 Å². The molecule has 4 nitrogen and oxygen atoms in total. The van der Waals surface area contributed by atoms with Crippen molar-refractivity contribution in [1.82, 2.24) is 0 Å². The molecule has 1 amide bonds. The number of hydrogen-bond donors (Lipinski definition) is 1. The Kier molecular flexibility index (Phi) is 6.71. The standard InChI is InChI=1S/C18H16Cl3NO3/c1-3-11-4-6-12(7-5-11)18(24)25-10(2)17(23)22-16-14(20)8-13(19)9-15(16)21/h4-10H,3H2,1-2H3,(H,22,23)/t10-/m1/s1. The van der Waals surface area contributed by atoms with Gasteiger partial charge in [0.2, 0.25) is 0 Å². The second-order valence-electron chi connectivity index (χ2n) is 5.33. The quantitative estimate of drug-likeness (QED) is 0.684. The highest BCUT2D eigenvalue weighted by Crippen LogP contribution is 2.33. The average Bonchev–Trinajstić information content (AvgIpc) is 2.57. The van der Waals surface area contributed by atoms with E-state index in [0.717, 1.165) is 12.0 Å². The van der Waals surface area contributed by atoms with E-state index in [1.165, 1.54) is 19.1 Å². The molecule has 0 aromatic heterocycles. The summed E-state index contributed by atoms with van der Waals surface area (Å²) in [6.45, 7) is 3.48. The van der Waals surface area contributed by atoms with Gasteiger partial charge in [-0.3, -0.25) is 4.79 Å². The van der Waals surface area contributed by atoms with Crippen molar-refractivity contribution in [2.45, 2.75) is 26.4 Å². The van der Waals surface area contributed by atoms with E-state index >= 15 is 0 Å². The summed E-state index contributed by atoms with van der Waals surface area (Å²) in [6.07, 6.45) is -0.155. The Morgan fingerprint density at radius 3 is 2.16 bits per heavy atom. The molecule has 2 aromatic carbocycles. The number of benzene rings is 2. The summed E-state index contributed by atoms with van der Waals surface area (Å²) >= 11 is 17.9. The van der Waals surface area contributed by atoms with Gasteiger partial charge in [0.25, 0.3) is 5.91 Å². The lowest BCUT2D eigenvalue weighted by atomic mass is 10.1. The first-order valence-electron chi connectivity index (χ1n) is 7.57. The predicted molar refractivity (Wildman–Crippen MR) is 101 cm³/mol. The normalized spacial score (nSPS) is 11.7. The minimum atomic E-state index is -1.03. The predicted octanol–water partition coefficient (Wildman–Crippen LogP) is 5.39. The highest BCUT2D eigenvalue weighted by atomic mass is 35.5. The van der Waals surface area contributed by atoms with Gasteiger partial charge in [-0.1, -0.05) is 53.9 Å². The minimum Gasteiger partial charge on any atom is -0.449 e. The minimum absolute atomic E-state index is 0.194. The van der Waals surface area contributed by atoms with E-state index in [4.69, 9.17) is 39.5 Å². The molecule has 0 bridgehead atoms. The van der Waals surface area contributed by atoms with Crippen LogP contribution in [-0.2, 0) is 16.0 Å². The van der Waals surface area contributed by atoms with Crippen LogP contribution in [0.2, 0.25) is 15.1 Å². The molecule has 0 saturated carbocycles. The number of esters is 1. The fraction of sp³-hybridized carbons (Fsp3) is 0.222. The van der Waals surface area contributed by atoms with Crippen molar-refractivity contribution >= 4 is 52.4 Å². The molecule has 0 unspecified atom stereocenters. The molecule has 0 saturated heterocycles. The van der Waals surface area contributed by atoms with Gasteiger partial charge in [0.05, 0.1) is 21.3 Å². The number of nitrogens with one attached hydrogen (secondary N) is 1. The van der Waals surface area contributed by atoms with Gasteiger partial charge in [0.15, 0.2) is 6.10 Å². The van der Waals surface area contributed by atoms with Gasteiger partial charge in [-0.15, -0.1) is 0 Å². The molecule has 132 valence electrons. The van der Waals surface area contributed by atoms with Crippen molar-refractivity contribution < 1.29 is 14.3 Å². The summed E-state index contributed by atoms with van der Waals surface area (Å²) in [4.78, 5) is 24.3. The molecule has 0 heterocycles. The van der Waals surface area contributed by atoms with Crippen LogP contribution < -0.4 is 5.32 Å². The monoisotopic (exact) mass is 399 g/mol. The summed E-state index contributed by atoms with van der Waals surface area (Å²) < 4.78 is 5.18. The number of aryl methyl sites for hydroxylation is 1. The maximum atomic E-state index is 12.2. The lowest BCUT2D eigenvalue weighted by Crippen LogP contribution is -2.30. The topological polar surface area (TPSA) is 55.4 Å². The van der Waals surface area contributed by atoms with Crippen molar-refractivity contribution in [3.8, 4) is 0 Å². The Hall–Kier alpha value is -1.75. The lowest BCUT2D eigenvalue weighted by Gasteiger charge is -2.15. The van der Waals surface area contributed by atoms with Gasteiger partial charge < -0.3 is 10.1 Å². The summed E-state index contributed by atoms with van der Waals surface area (Å²) in [7, 11) is 0. The van der Waals surface area contributed by atoms with E-state index in [9.17, 15) is 9.59 Å². The smallest absolute Gasteiger partial charge is 0.338 e. The third-order valence-electron chi connectivity index (χ3n) is 3.51. The molecule has 2 aromatic rings. The van der Waals surface area contributed by atoms with E-state index in [0.29, 0.717) is 10.6 Å². The molecular formula is C18H16Cl3NO3. The van der Waals surface area contributed by atoms with E-state index in [2.05, 4.69) is 5.32 Å². The summed E-state index contributed by atoms with van der Waals surface area (Å²) in [5.41, 5.74) is 1.70. The van der Waals surface area contributed by atoms with Crippen LogP contribution in [-0.4, -0.2) is 18.0 Å². The van der Waals surface area contributed by atoms with E-state index in [-0.39, 0.29) is 15.7 Å². The molecule has 0 aliphatic carbocycles. The zero-order chi connectivity index (χ0) is 18.6. The van der Waals surface area contributed by atoms with Crippen molar-refractivity contribution in [2.24, 2.45) is 0 Å². The Labute approximate surface area is 161 Å². The summed E-state index contributed by atoms with van der Waals surface area (Å²) in [6, 6.07) is 9.92. The molecule has 0 spiro atoms. The Morgan fingerprint density at radius 1 is 1.08 bits per heavy atom. The lowest BCUT2D eigenvalue weighted by molar-refractivity contribution is -0.123. The van der Waals surface area contributed by atoms with E-state index in [1.807, 2.05) is 19.1 Å².